The summed E-state index contributed by atoms with van der Waals surface area (Å²) in [5, 5.41) is 0. The molecule has 3 N–H and O–H groups in total. The Kier molecular flexibility index (Phi) is 2.80. The van der Waals surface area contributed by atoms with E-state index in [0.29, 0.717) is 0 Å². The third kappa shape index (κ3) is 2.75. The van der Waals surface area contributed by atoms with E-state index in [2.05, 4.69) is 0 Å². The van der Waals surface area contributed by atoms with Crippen molar-refractivity contribution in [1.82, 2.24) is 0 Å². The summed E-state index contributed by atoms with van der Waals surface area (Å²) in [5.74, 6) is 0. The lowest BCUT2D eigenvalue weighted by atomic mass is 10.3. The Bertz CT molecular complexity index is 456. The van der Waals surface area contributed by atoms with Crippen molar-refractivity contribution < 1.29 is 21.6 Å². The number of anilines is 2. The molecular weight excluding hydrogens is 233 g/mol. The molecule has 4 nitrogen and oxygen atoms in total. The summed E-state index contributed by atoms with van der Waals surface area (Å²) in [6.07, 6.45) is 0. The average Bonchev–Trinajstić information content (AvgIpc) is 2.00. The van der Waals surface area contributed by atoms with E-state index in [1.54, 1.807) is 0 Å². The molecule has 0 fully saturated rings. The number of nitrogens with one attached hydrogen (secondary N) is 1. The number of hydrogen-bond acceptors (Lipinski definition) is 3. The lowest BCUT2D eigenvalue weighted by Gasteiger charge is -2.10. The van der Waals surface area contributed by atoms with Gasteiger partial charge in [-0.25, -0.2) is 0 Å². The van der Waals surface area contributed by atoms with Crippen molar-refractivity contribution >= 4 is 21.4 Å². The molecule has 0 amide bonds. The molecule has 0 saturated carbocycles. The highest BCUT2D eigenvalue weighted by Gasteiger charge is 2.45. The second kappa shape index (κ2) is 3.61. The molecule has 1 aromatic rings. The molecule has 0 radical (unpaired) electrons. The number of rotatable bonds is 2. The fourth-order valence-corrected chi connectivity index (χ4v) is 1.37. The van der Waals surface area contributed by atoms with Gasteiger partial charge in [-0.3, -0.25) is 4.72 Å². The average molecular weight is 240 g/mol. The van der Waals surface area contributed by atoms with Crippen LogP contribution in [-0.4, -0.2) is 13.9 Å². The Hall–Kier alpha value is -1.44. The number of nitrogens with two attached hydrogens (primary N) is 1. The lowest BCUT2D eigenvalue weighted by molar-refractivity contribution is -0.0429. The maximum Gasteiger partial charge on any atom is 0.516 e. The van der Waals surface area contributed by atoms with Crippen LogP contribution in [0.5, 0.6) is 0 Å². The third-order valence-corrected chi connectivity index (χ3v) is 2.56. The largest absolute Gasteiger partial charge is 0.516 e. The number of benzene rings is 1. The number of hydrogen-bond donors (Lipinski definition) is 2. The fraction of sp³-hybridized carbons (Fsp3) is 0.143. The zero-order valence-electron chi connectivity index (χ0n) is 7.25. The topological polar surface area (TPSA) is 72.2 Å². The molecule has 0 aromatic heterocycles. The first-order valence-corrected chi connectivity index (χ1v) is 5.15. The normalized spacial score (nSPS) is 12.5. The van der Waals surface area contributed by atoms with Crippen LogP contribution in [0.25, 0.3) is 0 Å². The van der Waals surface area contributed by atoms with Crippen LogP contribution >= 0.6 is 0 Å². The molecule has 0 aliphatic heterocycles. The summed E-state index contributed by atoms with van der Waals surface area (Å²) < 4.78 is 58.5. The fourth-order valence-electron chi connectivity index (χ4n) is 0.815. The van der Waals surface area contributed by atoms with Crippen LogP contribution in [0.3, 0.4) is 0 Å². The zero-order chi connectivity index (χ0) is 11.7. The van der Waals surface area contributed by atoms with Crippen molar-refractivity contribution in [3.63, 3.8) is 0 Å². The van der Waals surface area contributed by atoms with Gasteiger partial charge in [-0.1, -0.05) is 6.07 Å². The van der Waals surface area contributed by atoms with E-state index in [1.165, 1.54) is 22.9 Å². The first-order valence-electron chi connectivity index (χ1n) is 3.67. The van der Waals surface area contributed by atoms with Gasteiger partial charge < -0.3 is 5.73 Å². The number of sulfonamides is 1. The lowest BCUT2D eigenvalue weighted by Crippen LogP contribution is -2.29. The standard InChI is InChI=1S/C7H7F3N2O2S/c8-7(9,10)15(13,14)12-6-3-1-2-5(11)4-6/h1-4,12H,11H2. The molecule has 0 spiro atoms. The highest BCUT2D eigenvalue weighted by atomic mass is 32.2. The van der Waals surface area contributed by atoms with Crippen LogP contribution in [0.4, 0.5) is 24.5 Å². The van der Waals surface area contributed by atoms with E-state index in [4.69, 9.17) is 5.73 Å². The van der Waals surface area contributed by atoms with Crippen LogP contribution in [0, 0.1) is 0 Å². The molecule has 1 rings (SSSR count). The van der Waals surface area contributed by atoms with Gasteiger partial charge in [0.05, 0.1) is 5.69 Å². The summed E-state index contributed by atoms with van der Waals surface area (Å²) in [6, 6.07) is 5.01. The van der Waals surface area contributed by atoms with Crippen molar-refractivity contribution in [3.05, 3.63) is 24.3 Å². The van der Waals surface area contributed by atoms with Crippen LogP contribution in [0.2, 0.25) is 0 Å². The summed E-state index contributed by atoms with van der Waals surface area (Å²) in [5.41, 5.74) is -0.130. The maximum absolute atomic E-state index is 11.9. The monoisotopic (exact) mass is 240 g/mol. The Morgan fingerprint density at radius 3 is 2.33 bits per heavy atom. The number of alkyl halides is 3. The van der Waals surface area contributed by atoms with E-state index in [0.717, 1.165) is 6.07 Å². The highest BCUT2D eigenvalue weighted by Crippen LogP contribution is 2.25. The van der Waals surface area contributed by atoms with Gasteiger partial charge >= 0.3 is 15.5 Å². The molecule has 0 bridgehead atoms. The van der Waals surface area contributed by atoms with Gasteiger partial charge in [-0.15, -0.1) is 0 Å². The van der Waals surface area contributed by atoms with Crippen LogP contribution in [-0.2, 0) is 10.0 Å². The summed E-state index contributed by atoms with van der Waals surface area (Å²) >= 11 is 0. The van der Waals surface area contributed by atoms with Crippen molar-refractivity contribution in [2.75, 3.05) is 10.5 Å². The molecule has 0 aliphatic rings. The molecule has 8 heteroatoms. The van der Waals surface area contributed by atoms with E-state index in [-0.39, 0.29) is 11.4 Å². The van der Waals surface area contributed by atoms with Gasteiger partial charge in [0.1, 0.15) is 0 Å². The summed E-state index contributed by atoms with van der Waals surface area (Å²) in [6.45, 7) is 0. The van der Waals surface area contributed by atoms with Crippen molar-refractivity contribution in [1.29, 1.82) is 0 Å². The second-order valence-corrected chi connectivity index (χ2v) is 4.35. The Balaban J connectivity index is 2.98. The molecule has 0 saturated heterocycles. The minimum atomic E-state index is -5.37. The molecule has 0 atom stereocenters. The van der Waals surface area contributed by atoms with Gasteiger partial charge in [-0.05, 0) is 18.2 Å². The number of nitrogen functional groups attached to an aromatic ring is 1. The minimum Gasteiger partial charge on any atom is -0.399 e. The maximum atomic E-state index is 11.9. The second-order valence-electron chi connectivity index (χ2n) is 2.68. The Morgan fingerprint density at radius 1 is 1.27 bits per heavy atom. The minimum absolute atomic E-state index is 0.164. The van der Waals surface area contributed by atoms with Crippen LogP contribution in [0.1, 0.15) is 0 Å². The van der Waals surface area contributed by atoms with Crippen molar-refractivity contribution in [2.45, 2.75) is 5.51 Å². The first kappa shape index (κ1) is 11.6. The quantitative estimate of drug-likeness (QED) is 0.770. The molecular formula is C7H7F3N2O2S. The molecule has 0 heterocycles. The van der Waals surface area contributed by atoms with Gasteiger partial charge in [0.15, 0.2) is 0 Å². The molecule has 84 valence electrons. The first-order chi connectivity index (χ1) is 6.72. The zero-order valence-corrected chi connectivity index (χ0v) is 8.06. The Labute approximate surface area is 83.9 Å². The predicted molar refractivity (Wildman–Crippen MR) is 49.5 cm³/mol. The van der Waals surface area contributed by atoms with Crippen molar-refractivity contribution in [2.24, 2.45) is 0 Å². The van der Waals surface area contributed by atoms with E-state index < -0.39 is 15.5 Å². The Morgan fingerprint density at radius 2 is 1.87 bits per heavy atom. The van der Waals surface area contributed by atoms with E-state index >= 15 is 0 Å². The third-order valence-electron chi connectivity index (χ3n) is 1.44. The molecule has 0 aliphatic carbocycles. The molecule has 15 heavy (non-hydrogen) atoms. The van der Waals surface area contributed by atoms with Crippen LogP contribution in [0.15, 0.2) is 24.3 Å². The smallest absolute Gasteiger partial charge is 0.399 e. The van der Waals surface area contributed by atoms with Gasteiger partial charge in [0.25, 0.3) is 0 Å². The predicted octanol–water partition coefficient (Wildman–Crippen LogP) is 1.53. The highest BCUT2D eigenvalue weighted by molar-refractivity contribution is 7.93. The summed E-state index contributed by atoms with van der Waals surface area (Å²) in [7, 11) is -5.37. The van der Waals surface area contributed by atoms with E-state index in [9.17, 15) is 21.6 Å². The van der Waals surface area contributed by atoms with Gasteiger partial charge in [0, 0.05) is 5.69 Å². The van der Waals surface area contributed by atoms with E-state index in [1.807, 2.05) is 0 Å². The van der Waals surface area contributed by atoms with Crippen LogP contribution < -0.4 is 10.5 Å². The summed E-state index contributed by atoms with van der Waals surface area (Å²) in [4.78, 5) is 0. The molecule has 0 unspecified atom stereocenters. The molecule has 1 aromatic carbocycles. The SMILES string of the molecule is Nc1cccc(NS(=O)(=O)C(F)(F)F)c1. The van der Waals surface area contributed by atoms with Gasteiger partial charge in [-0.2, -0.15) is 21.6 Å². The van der Waals surface area contributed by atoms with Gasteiger partial charge in [0.2, 0.25) is 0 Å². The van der Waals surface area contributed by atoms with Crippen molar-refractivity contribution in [3.8, 4) is 0 Å². The number of halogens is 3.